The fraction of sp³-hybridized carbons (Fsp3) is 0. The Morgan fingerprint density at radius 3 is 2.82 bits per heavy atom. The number of furan rings is 1. The Kier molecular flexibility index (Phi) is 2.02. The molecule has 0 fully saturated rings. The fourth-order valence-electron chi connectivity index (χ4n) is 1.74. The number of aromatic nitrogens is 2. The molecule has 0 aliphatic carbocycles. The lowest BCUT2D eigenvalue weighted by molar-refractivity contribution is 0.476. The second-order valence-electron chi connectivity index (χ2n) is 3.54. The zero-order valence-corrected chi connectivity index (χ0v) is 9.23. The summed E-state index contributed by atoms with van der Waals surface area (Å²) in [5.41, 5.74) is 0.790. The number of halogens is 1. The van der Waals surface area contributed by atoms with E-state index in [2.05, 4.69) is 4.98 Å². The molecule has 0 bridgehead atoms. The molecule has 0 saturated carbocycles. The third kappa shape index (κ3) is 1.52. The molecule has 2 aromatic heterocycles. The first kappa shape index (κ1) is 10.0. The SMILES string of the molecule is O=c1[nH]c2cc(O)ccc2n1-c1ccc(Cl)o1. The predicted molar refractivity (Wildman–Crippen MR) is 62.8 cm³/mol. The van der Waals surface area contributed by atoms with E-state index < -0.39 is 0 Å². The van der Waals surface area contributed by atoms with Crippen LogP contribution in [0.4, 0.5) is 0 Å². The Labute approximate surface area is 99.9 Å². The average molecular weight is 251 g/mol. The molecule has 5 nitrogen and oxygen atoms in total. The molecule has 0 spiro atoms. The number of rotatable bonds is 1. The number of aromatic hydroxyl groups is 1. The van der Waals surface area contributed by atoms with Crippen LogP contribution in [-0.2, 0) is 0 Å². The van der Waals surface area contributed by atoms with E-state index in [9.17, 15) is 9.90 Å². The summed E-state index contributed by atoms with van der Waals surface area (Å²) in [6, 6.07) is 7.75. The third-order valence-corrected chi connectivity index (χ3v) is 2.65. The highest BCUT2D eigenvalue weighted by Gasteiger charge is 2.11. The van der Waals surface area contributed by atoms with E-state index in [0.717, 1.165) is 0 Å². The molecule has 0 unspecified atom stereocenters. The first-order valence-electron chi connectivity index (χ1n) is 4.84. The van der Waals surface area contributed by atoms with Crippen molar-refractivity contribution in [2.75, 3.05) is 0 Å². The Morgan fingerprint density at radius 1 is 1.29 bits per heavy atom. The van der Waals surface area contributed by atoms with Crippen molar-refractivity contribution < 1.29 is 9.52 Å². The van der Waals surface area contributed by atoms with Crippen molar-refractivity contribution in [3.05, 3.63) is 46.0 Å². The van der Waals surface area contributed by atoms with Gasteiger partial charge in [0.15, 0.2) is 5.22 Å². The molecule has 3 aromatic rings. The molecule has 0 saturated heterocycles. The van der Waals surface area contributed by atoms with Crippen LogP contribution in [0.5, 0.6) is 5.75 Å². The van der Waals surface area contributed by atoms with Gasteiger partial charge in [-0.2, -0.15) is 0 Å². The normalized spacial score (nSPS) is 11.1. The van der Waals surface area contributed by atoms with Gasteiger partial charge in [0.05, 0.1) is 11.0 Å². The number of H-pyrrole nitrogens is 1. The van der Waals surface area contributed by atoms with Crippen LogP contribution >= 0.6 is 11.6 Å². The number of phenolic OH excluding ortho intramolecular Hbond substituents is 1. The first-order chi connectivity index (χ1) is 8.15. The van der Waals surface area contributed by atoms with E-state index in [4.69, 9.17) is 16.0 Å². The second-order valence-corrected chi connectivity index (χ2v) is 3.92. The lowest BCUT2D eigenvalue weighted by atomic mass is 10.3. The number of aromatic amines is 1. The van der Waals surface area contributed by atoms with Gasteiger partial charge < -0.3 is 14.5 Å². The monoisotopic (exact) mass is 250 g/mol. The van der Waals surface area contributed by atoms with E-state index in [1.165, 1.54) is 16.7 Å². The summed E-state index contributed by atoms with van der Waals surface area (Å²) in [5, 5.41) is 9.54. The summed E-state index contributed by atoms with van der Waals surface area (Å²) in [6.45, 7) is 0. The average Bonchev–Trinajstić information content (AvgIpc) is 2.80. The predicted octanol–water partition coefficient (Wildman–Crippen LogP) is 2.27. The van der Waals surface area contributed by atoms with Gasteiger partial charge in [0, 0.05) is 12.1 Å². The van der Waals surface area contributed by atoms with Crippen LogP contribution in [0.3, 0.4) is 0 Å². The highest BCUT2D eigenvalue weighted by Crippen LogP contribution is 2.22. The molecule has 0 amide bonds. The van der Waals surface area contributed by atoms with Crippen molar-refractivity contribution >= 4 is 22.6 Å². The van der Waals surface area contributed by atoms with E-state index in [1.54, 1.807) is 18.2 Å². The molecular formula is C11H7ClN2O3. The zero-order valence-electron chi connectivity index (χ0n) is 8.48. The number of fused-ring (bicyclic) bond motifs is 1. The van der Waals surface area contributed by atoms with Crippen molar-refractivity contribution in [1.82, 2.24) is 9.55 Å². The summed E-state index contributed by atoms with van der Waals surface area (Å²) >= 11 is 5.67. The van der Waals surface area contributed by atoms with Crippen molar-refractivity contribution in [3.63, 3.8) is 0 Å². The van der Waals surface area contributed by atoms with Gasteiger partial charge in [0.2, 0.25) is 5.88 Å². The summed E-state index contributed by atoms with van der Waals surface area (Å²) < 4.78 is 6.54. The number of benzene rings is 1. The molecule has 6 heteroatoms. The largest absolute Gasteiger partial charge is 0.508 e. The van der Waals surface area contributed by atoms with Gasteiger partial charge in [-0.25, -0.2) is 9.36 Å². The van der Waals surface area contributed by atoms with Crippen LogP contribution in [0.1, 0.15) is 0 Å². The molecule has 0 aliphatic heterocycles. The van der Waals surface area contributed by atoms with Crippen molar-refractivity contribution in [3.8, 4) is 11.6 Å². The van der Waals surface area contributed by atoms with Crippen molar-refractivity contribution in [2.24, 2.45) is 0 Å². The maximum atomic E-state index is 11.8. The molecule has 17 heavy (non-hydrogen) atoms. The van der Waals surface area contributed by atoms with Gasteiger partial charge in [-0.1, -0.05) is 0 Å². The molecular weight excluding hydrogens is 244 g/mol. The van der Waals surface area contributed by atoms with Gasteiger partial charge >= 0.3 is 5.69 Å². The molecule has 2 N–H and O–H groups in total. The molecule has 3 rings (SSSR count). The van der Waals surface area contributed by atoms with Crippen LogP contribution in [0.15, 0.2) is 39.5 Å². The summed E-state index contributed by atoms with van der Waals surface area (Å²) in [5.74, 6) is 0.417. The van der Waals surface area contributed by atoms with Crippen molar-refractivity contribution in [1.29, 1.82) is 0 Å². The van der Waals surface area contributed by atoms with Gasteiger partial charge in [0.1, 0.15) is 5.75 Å². The van der Waals surface area contributed by atoms with Gasteiger partial charge in [-0.15, -0.1) is 0 Å². The fourth-order valence-corrected chi connectivity index (χ4v) is 1.89. The van der Waals surface area contributed by atoms with Gasteiger partial charge in [-0.3, -0.25) is 0 Å². The topological polar surface area (TPSA) is 71.2 Å². The first-order valence-corrected chi connectivity index (χ1v) is 5.22. The quantitative estimate of drug-likeness (QED) is 0.696. The van der Waals surface area contributed by atoms with E-state index in [0.29, 0.717) is 16.9 Å². The Balaban J connectivity index is 2.36. The molecule has 0 radical (unpaired) electrons. The van der Waals surface area contributed by atoms with Crippen LogP contribution in [0.25, 0.3) is 16.9 Å². The van der Waals surface area contributed by atoms with Gasteiger partial charge in [-0.05, 0) is 29.8 Å². The number of imidazole rings is 1. The Morgan fingerprint density at radius 2 is 2.12 bits per heavy atom. The van der Waals surface area contributed by atoms with Crippen LogP contribution < -0.4 is 5.69 Å². The number of nitrogens with one attached hydrogen (secondary N) is 1. The standard InChI is InChI=1S/C11H7ClN2O3/c12-9-3-4-10(17-9)14-8-2-1-6(15)5-7(8)13-11(14)16/h1-5,15H,(H,13,16). The second kappa shape index (κ2) is 3.43. The van der Waals surface area contributed by atoms with E-state index >= 15 is 0 Å². The zero-order chi connectivity index (χ0) is 12.0. The minimum atomic E-state index is -0.350. The van der Waals surface area contributed by atoms with Crippen LogP contribution in [0, 0.1) is 0 Å². The maximum absolute atomic E-state index is 11.8. The number of nitrogens with zero attached hydrogens (tertiary/aromatic N) is 1. The smallest absolute Gasteiger partial charge is 0.333 e. The summed E-state index contributed by atoms with van der Waals surface area (Å²) in [4.78, 5) is 14.4. The Bertz CT molecular complexity index is 754. The Hall–Kier alpha value is -2.14. The van der Waals surface area contributed by atoms with Gasteiger partial charge in [0.25, 0.3) is 0 Å². The van der Waals surface area contributed by atoms with Crippen LogP contribution in [-0.4, -0.2) is 14.7 Å². The third-order valence-electron chi connectivity index (χ3n) is 2.45. The molecule has 1 aromatic carbocycles. The molecule has 86 valence electrons. The highest BCUT2D eigenvalue weighted by atomic mass is 35.5. The van der Waals surface area contributed by atoms with E-state index in [-0.39, 0.29) is 16.7 Å². The molecule has 0 atom stereocenters. The maximum Gasteiger partial charge on any atom is 0.333 e. The number of hydrogen-bond acceptors (Lipinski definition) is 3. The number of phenols is 1. The lowest BCUT2D eigenvalue weighted by Crippen LogP contribution is -2.13. The summed E-state index contributed by atoms with van der Waals surface area (Å²) in [7, 11) is 0. The molecule has 2 heterocycles. The van der Waals surface area contributed by atoms with Crippen LogP contribution in [0.2, 0.25) is 5.22 Å². The minimum Gasteiger partial charge on any atom is -0.508 e. The van der Waals surface area contributed by atoms with E-state index in [1.807, 2.05) is 0 Å². The highest BCUT2D eigenvalue weighted by molar-refractivity contribution is 6.28. The minimum absolute atomic E-state index is 0.0865. The number of hydrogen-bond donors (Lipinski definition) is 2. The molecule has 0 aliphatic rings. The van der Waals surface area contributed by atoms with Crippen molar-refractivity contribution in [2.45, 2.75) is 0 Å². The summed E-state index contributed by atoms with van der Waals surface area (Å²) in [6.07, 6.45) is 0. The lowest BCUT2D eigenvalue weighted by Gasteiger charge is -1.98.